The van der Waals surface area contributed by atoms with Crippen molar-refractivity contribution >= 4 is 34.3 Å². The number of carbonyl (C=O) groups excluding carboxylic acids is 1. The molecular weight excluding hydrogens is 512 g/mol. The van der Waals surface area contributed by atoms with Gasteiger partial charge in [-0.15, -0.1) is 0 Å². The molecule has 0 radical (unpaired) electrons. The lowest BCUT2D eigenvalue weighted by Crippen LogP contribution is -2.15. The van der Waals surface area contributed by atoms with Gasteiger partial charge in [0, 0.05) is 30.1 Å². The first-order valence-electron chi connectivity index (χ1n) is 11.7. The maximum absolute atomic E-state index is 12.2. The summed E-state index contributed by atoms with van der Waals surface area (Å²) in [6, 6.07) is 17.5. The first-order chi connectivity index (χ1) is 18.5. The molecule has 0 saturated heterocycles. The van der Waals surface area contributed by atoms with Gasteiger partial charge in [-0.1, -0.05) is 11.6 Å². The first kappa shape index (κ1) is 26.7. The Kier molecular flexibility index (Phi) is 8.94. The van der Waals surface area contributed by atoms with Crippen LogP contribution in [0.25, 0.3) is 10.9 Å². The summed E-state index contributed by atoms with van der Waals surface area (Å²) in [5, 5.41) is 3.67. The van der Waals surface area contributed by atoms with E-state index in [9.17, 15) is 4.79 Å². The highest BCUT2D eigenvalue weighted by molar-refractivity contribution is 6.33. The average Bonchev–Trinajstić information content (AvgIpc) is 2.94. The van der Waals surface area contributed by atoms with Gasteiger partial charge in [-0.05, 0) is 48.5 Å². The van der Waals surface area contributed by atoms with Crippen molar-refractivity contribution in [3.05, 3.63) is 71.9 Å². The molecule has 0 aliphatic carbocycles. The lowest BCUT2D eigenvalue weighted by atomic mass is 10.2. The van der Waals surface area contributed by atoms with Gasteiger partial charge in [0.05, 0.1) is 50.8 Å². The first-order valence-corrected chi connectivity index (χ1v) is 12.1. The Hall–Kier alpha value is -4.37. The number of hydrogen-bond acceptors (Lipinski definition) is 8. The normalized spacial score (nSPS) is 10.5. The van der Waals surface area contributed by atoms with Crippen molar-refractivity contribution in [2.24, 2.45) is 0 Å². The second-order valence-corrected chi connectivity index (χ2v) is 8.32. The third kappa shape index (κ3) is 6.68. The van der Waals surface area contributed by atoms with Gasteiger partial charge >= 0.3 is 6.09 Å². The minimum atomic E-state index is -0.619. The number of nitrogens with one attached hydrogen (secondary N) is 1. The third-order valence-electron chi connectivity index (χ3n) is 5.46. The van der Waals surface area contributed by atoms with E-state index < -0.39 is 6.09 Å². The summed E-state index contributed by atoms with van der Waals surface area (Å²) in [4.78, 5) is 16.6. The molecule has 1 heterocycles. The predicted octanol–water partition coefficient (Wildman–Crippen LogP) is 6.72. The van der Waals surface area contributed by atoms with Gasteiger partial charge in [0.15, 0.2) is 11.5 Å². The van der Waals surface area contributed by atoms with Gasteiger partial charge < -0.3 is 28.4 Å². The van der Waals surface area contributed by atoms with E-state index in [-0.39, 0.29) is 6.61 Å². The molecule has 0 bridgehead atoms. The largest absolute Gasteiger partial charge is 0.497 e. The number of carbonyl (C=O) groups is 1. The fourth-order valence-electron chi connectivity index (χ4n) is 3.56. The summed E-state index contributed by atoms with van der Waals surface area (Å²) in [5.74, 6) is 3.63. The van der Waals surface area contributed by atoms with Gasteiger partial charge in [0.2, 0.25) is 0 Å². The molecule has 0 unspecified atom stereocenters. The van der Waals surface area contributed by atoms with E-state index in [1.54, 1.807) is 63.9 Å². The quantitative estimate of drug-likeness (QED) is 0.210. The van der Waals surface area contributed by atoms with E-state index in [0.29, 0.717) is 58.0 Å². The Labute approximate surface area is 225 Å². The van der Waals surface area contributed by atoms with Crippen molar-refractivity contribution in [3.63, 3.8) is 0 Å². The van der Waals surface area contributed by atoms with Crippen LogP contribution in [-0.4, -0.2) is 45.6 Å². The maximum Gasteiger partial charge on any atom is 0.411 e. The number of hydrogen-bond donors (Lipinski definition) is 1. The summed E-state index contributed by atoms with van der Waals surface area (Å²) in [6.45, 7) is 0.582. The molecule has 1 N–H and O–H groups in total. The van der Waals surface area contributed by atoms with Crippen LogP contribution in [0.5, 0.6) is 34.5 Å². The van der Waals surface area contributed by atoms with Gasteiger partial charge in [-0.2, -0.15) is 0 Å². The van der Waals surface area contributed by atoms with Gasteiger partial charge in [-0.25, -0.2) is 4.79 Å². The summed E-state index contributed by atoms with van der Waals surface area (Å²) >= 11 is 6.39. The molecule has 1 aromatic heterocycles. The van der Waals surface area contributed by atoms with Crippen molar-refractivity contribution in [1.82, 2.24) is 4.98 Å². The standard InChI is InChI=1S/C28H27ClN2O7/c1-33-18-5-7-19(8-6-18)36-13-4-14-37-28(32)31-23-10-9-20(15-22(23)29)38-25-11-12-30-24-17-27(35-3)26(34-2)16-21(24)25/h5-12,15-17H,4,13-14H2,1-3H3,(H,31,32). The van der Waals surface area contributed by atoms with Crippen LogP contribution in [0.1, 0.15) is 6.42 Å². The number of aromatic nitrogens is 1. The van der Waals surface area contributed by atoms with E-state index in [2.05, 4.69) is 10.3 Å². The van der Waals surface area contributed by atoms with Crippen LogP contribution in [0, 0.1) is 0 Å². The Morgan fingerprint density at radius 1 is 0.816 bits per heavy atom. The number of rotatable bonds is 11. The van der Waals surface area contributed by atoms with Crippen molar-refractivity contribution in [2.45, 2.75) is 6.42 Å². The topological polar surface area (TPSA) is 97.4 Å². The minimum absolute atomic E-state index is 0.185. The molecule has 3 aromatic carbocycles. The number of ether oxygens (including phenoxy) is 6. The summed E-state index contributed by atoms with van der Waals surface area (Å²) in [6.07, 6.45) is 1.54. The van der Waals surface area contributed by atoms with Crippen LogP contribution in [0.3, 0.4) is 0 Å². The number of fused-ring (bicyclic) bond motifs is 1. The lowest BCUT2D eigenvalue weighted by molar-refractivity contribution is 0.152. The summed E-state index contributed by atoms with van der Waals surface area (Å²) in [5.41, 5.74) is 1.08. The highest BCUT2D eigenvalue weighted by Gasteiger charge is 2.13. The molecule has 0 aliphatic heterocycles. The number of methoxy groups -OCH3 is 3. The van der Waals surface area contributed by atoms with Crippen LogP contribution >= 0.6 is 11.6 Å². The van der Waals surface area contributed by atoms with Crippen molar-refractivity contribution in [3.8, 4) is 34.5 Å². The van der Waals surface area contributed by atoms with Gasteiger partial charge in [0.25, 0.3) is 0 Å². The number of pyridine rings is 1. The molecule has 1 amide bonds. The van der Waals surface area contributed by atoms with Crippen molar-refractivity contribution in [1.29, 1.82) is 0 Å². The van der Waals surface area contributed by atoms with E-state index >= 15 is 0 Å². The molecule has 0 fully saturated rings. The minimum Gasteiger partial charge on any atom is -0.497 e. The zero-order valence-electron chi connectivity index (χ0n) is 21.2. The van der Waals surface area contributed by atoms with E-state index in [0.717, 1.165) is 11.1 Å². The molecule has 9 nitrogen and oxygen atoms in total. The molecule has 10 heteroatoms. The molecule has 198 valence electrons. The smallest absolute Gasteiger partial charge is 0.411 e. The number of amides is 1. The summed E-state index contributed by atoms with van der Waals surface area (Å²) < 4.78 is 32.8. The Morgan fingerprint density at radius 2 is 1.53 bits per heavy atom. The van der Waals surface area contributed by atoms with Crippen LogP contribution in [-0.2, 0) is 4.74 Å². The zero-order valence-corrected chi connectivity index (χ0v) is 21.9. The second kappa shape index (κ2) is 12.7. The molecule has 4 rings (SSSR count). The molecule has 0 spiro atoms. The zero-order chi connectivity index (χ0) is 26.9. The second-order valence-electron chi connectivity index (χ2n) is 7.92. The third-order valence-corrected chi connectivity index (χ3v) is 5.77. The highest BCUT2D eigenvalue weighted by Crippen LogP contribution is 2.37. The monoisotopic (exact) mass is 538 g/mol. The lowest BCUT2D eigenvalue weighted by Gasteiger charge is -2.13. The van der Waals surface area contributed by atoms with Crippen LogP contribution in [0.2, 0.25) is 5.02 Å². The Balaban J connectivity index is 1.30. The van der Waals surface area contributed by atoms with E-state index in [1.807, 2.05) is 24.3 Å². The number of halogens is 1. The molecule has 38 heavy (non-hydrogen) atoms. The van der Waals surface area contributed by atoms with Gasteiger partial charge in [-0.3, -0.25) is 10.3 Å². The fraction of sp³-hybridized carbons (Fsp3) is 0.214. The van der Waals surface area contributed by atoms with Crippen molar-refractivity contribution in [2.75, 3.05) is 39.9 Å². The fourth-order valence-corrected chi connectivity index (χ4v) is 3.77. The Morgan fingerprint density at radius 3 is 2.24 bits per heavy atom. The molecule has 0 atom stereocenters. The highest BCUT2D eigenvalue weighted by atomic mass is 35.5. The maximum atomic E-state index is 12.2. The van der Waals surface area contributed by atoms with Crippen LogP contribution < -0.4 is 29.0 Å². The average molecular weight is 539 g/mol. The molecule has 0 saturated carbocycles. The van der Waals surface area contributed by atoms with Crippen molar-refractivity contribution < 1.29 is 33.2 Å². The molecule has 0 aliphatic rings. The molecular formula is C28H27ClN2O7. The van der Waals surface area contributed by atoms with Crippen LogP contribution in [0.4, 0.5) is 10.5 Å². The number of anilines is 1. The van der Waals surface area contributed by atoms with Crippen LogP contribution in [0.15, 0.2) is 66.9 Å². The molecule has 4 aromatic rings. The number of benzene rings is 3. The SMILES string of the molecule is COc1ccc(OCCCOC(=O)Nc2ccc(Oc3ccnc4cc(OC)c(OC)cc34)cc2Cl)cc1. The van der Waals surface area contributed by atoms with E-state index in [1.165, 1.54) is 0 Å². The predicted molar refractivity (Wildman–Crippen MR) is 144 cm³/mol. The summed E-state index contributed by atoms with van der Waals surface area (Å²) in [7, 11) is 4.73. The van der Waals surface area contributed by atoms with Gasteiger partial charge in [0.1, 0.15) is 23.0 Å². The number of nitrogens with zero attached hydrogens (tertiary/aromatic N) is 1. The Bertz CT molecular complexity index is 1400. The van der Waals surface area contributed by atoms with E-state index in [4.69, 9.17) is 40.0 Å².